The van der Waals surface area contributed by atoms with Crippen LogP contribution in [-0.4, -0.2) is 56.0 Å². The van der Waals surface area contributed by atoms with Crippen molar-refractivity contribution in [2.24, 2.45) is 5.92 Å². The van der Waals surface area contributed by atoms with Crippen LogP contribution in [-0.2, 0) is 9.59 Å². The average Bonchev–Trinajstić information content (AvgIpc) is 3.23. The van der Waals surface area contributed by atoms with Crippen LogP contribution < -0.4 is 9.47 Å². The molecule has 1 aromatic rings. The van der Waals surface area contributed by atoms with Crippen LogP contribution in [0.1, 0.15) is 30.9 Å². The minimum Gasteiger partial charge on any atom is -0.493 e. The molecule has 0 saturated carbocycles. The van der Waals surface area contributed by atoms with Gasteiger partial charge in [0, 0.05) is 26.6 Å². The normalized spacial score (nSPS) is 23.7. The molecular formula is C18H24N2O4. The van der Waals surface area contributed by atoms with E-state index >= 15 is 0 Å². The molecule has 6 nitrogen and oxygen atoms in total. The molecule has 2 fully saturated rings. The van der Waals surface area contributed by atoms with E-state index in [1.54, 1.807) is 26.2 Å². The highest BCUT2D eigenvalue weighted by Crippen LogP contribution is 2.41. The topological polar surface area (TPSA) is 59.1 Å². The summed E-state index contributed by atoms with van der Waals surface area (Å²) in [4.78, 5) is 28.7. The third kappa shape index (κ3) is 2.81. The summed E-state index contributed by atoms with van der Waals surface area (Å²) in [6.07, 6.45) is 2.36. The van der Waals surface area contributed by atoms with Crippen molar-refractivity contribution in [2.45, 2.75) is 25.3 Å². The van der Waals surface area contributed by atoms with Crippen molar-refractivity contribution in [3.8, 4) is 11.5 Å². The van der Waals surface area contributed by atoms with E-state index in [2.05, 4.69) is 0 Å². The number of amides is 2. The molecule has 0 radical (unpaired) electrons. The van der Waals surface area contributed by atoms with Crippen LogP contribution in [0.2, 0.25) is 0 Å². The number of methoxy groups -OCH3 is 2. The number of likely N-dealkylation sites (tertiary alicyclic amines) is 2. The third-order valence-corrected chi connectivity index (χ3v) is 5.07. The summed E-state index contributed by atoms with van der Waals surface area (Å²) in [5.41, 5.74) is 0.901. The Balaban J connectivity index is 1.93. The summed E-state index contributed by atoms with van der Waals surface area (Å²) in [5.74, 6) is 1.00. The van der Waals surface area contributed by atoms with Crippen molar-refractivity contribution in [2.75, 3.05) is 34.4 Å². The fourth-order valence-electron chi connectivity index (χ4n) is 3.76. The molecule has 2 aliphatic heterocycles. The van der Waals surface area contributed by atoms with Crippen molar-refractivity contribution >= 4 is 11.8 Å². The molecule has 24 heavy (non-hydrogen) atoms. The Kier molecular flexibility index (Phi) is 4.64. The zero-order valence-corrected chi connectivity index (χ0v) is 14.4. The van der Waals surface area contributed by atoms with E-state index < -0.39 is 0 Å². The van der Waals surface area contributed by atoms with E-state index in [1.165, 1.54) is 0 Å². The van der Waals surface area contributed by atoms with Crippen LogP contribution in [0.15, 0.2) is 18.2 Å². The second-order valence-corrected chi connectivity index (χ2v) is 6.41. The Bertz CT molecular complexity index is 640. The molecule has 0 aliphatic carbocycles. The summed E-state index contributed by atoms with van der Waals surface area (Å²) < 4.78 is 10.6. The predicted molar refractivity (Wildman–Crippen MR) is 89.0 cm³/mol. The zero-order chi connectivity index (χ0) is 17.3. The van der Waals surface area contributed by atoms with Crippen molar-refractivity contribution in [1.29, 1.82) is 0 Å². The number of hydrogen-bond donors (Lipinski definition) is 0. The monoisotopic (exact) mass is 332 g/mol. The second kappa shape index (κ2) is 6.71. The van der Waals surface area contributed by atoms with E-state index in [-0.39, 0.29) is 30.2 Å². The maximum absolute atomic E-state index is 12.9. The number of carbonyl (C=O) groups excluding carboxylic acids is 2. The van der Waals surface area contributed by atoms with Gasteiger partial charge in [-0.25, -0.2) is 0 Å². The van der Waals surface area contributed by atoms with Gasteiger partial charge in [-0.2, -0.15) is 0 Å². The molecule has 2 unspecified atom stereocenters. The van der Waals surface area contributed by atoms with Gasteiger partial charge in [-0.05, 0) is 30.5 Å². The molecule has 0 bridgehead atoms. The number of hydrogen-bond acceptors (Lipinski definition) is 4. The van der Waals surface area contributed by atoms with Gasteiger partial charge in [-0.1, -0.05) is 6.07 Å². The lowest BCUT2D eigenvalue weighted by Gasteiger charge is -2.28. The SMILES string of the molecule is COc1ccc(C2C(C(=O)N3CCCC3)CC(=O)N2C)cc1OC. The quantitative estimate of drug-likeness (QED) is 0.844. The minimum atomic E-state index is -0.335. The summed E-state index contributed by atoms with van der Waals surface area (Å²) in [5, 5.41) is 0. The Morgan fingerprint density at radius 1 is 1.12 bits per heavy atom. The number of rotatable bonds is 4. The molecule has 0 aromatic heterocycles. The standard InChI is InChI=1S/C18H24N2O4/c1-19-16(21)11-13(18(22)20-8-4-5-9-20)17(19)12-6-7-14(23-2)15(10-12)24-3/h6-7,10,13,17H,4-5,8-9,11H2,1-3H3. The maximum atomic E-state index is 12.9. The molecular weight excluding hydrogens is 308 g/mol. The van der Waals surface area contributed by atoms with E-state index in [0.29, 0.717) is 11.5 Å². The zero-order valence-electron chi connectivity index (χ0n) is 14.4. The van der Waals surface area contributed by atoms with Gasteiger partial charge in [0.15, 0.2) is 11.5 Å². The van der Waals surface area contributed by atoms with E-state index in [9.17, 15) is 9.59 Å². The van der Waals surface area contributed by atoms with Gasteiger partial charge in [-0.3, -0.25) is 9.59 Å². The van der Waals surface area contributed by atoms with E-state index in [1.807, 2.05) is 23.1 Å². The fraction of sp³-hybridized carbons (Fsp3) is 0.556. The summed E-state index contributed by atoms with van der Waals surface area (Å²) in [6.45, 7) is 1.60. The molecule has 6 heteroatoms. The molecule has 2 aliphatic rings. The first-order chi connectivity index (χ1) is 11.6. The molecule has 2 saturated heterocycles. The Hall–Kier alpha value is -2.24. The molecule has 2 heterocycles. The Labute approximate surface area is 142 Å². The molecule has 1 aromatic carbocycles. The van der Waals surface area contributed by atoms with E-state index in [4.69, 9.17) is 9.47 Å². The number of nitrogens with zero attached hydrogens (tertiary/aromatic N) is 2. The largest absolute Gasteiger partial charge is 0.493 e. The summed E-state index contributed by atoms with van der Waals surface area (Å²) >= 11 is 0. The van der Waals surface area contributed by atoms with E-state index in [0.717, 1.165) is 31.5 Å². The van der Waals surface area contributed by atoms with Crippen molar-refractivity contribution in [3.05, 3.63) is 23.8 Å². The highest BCUT2D eigenvalue weighted by molar-refractivity contribution is 5.90. The Morgan fingerprint density at radius 3 is 2.42 bits per heavy atom. The molecule has 130 valence electrons. The highest BCUT2D eigenvalue weighted by Gasteiger charge is 2.44. The van der Waals surface area contributed by atoms with Crippen LogP contribution in [0.3, 0.4) is 0 Å². The van der Waals surface area contributed by atoms with Gasteiger partial charge >= 0.3 is 0 Å². The van der Waals surface area contributed by atoms with Crippen LogP contribution in [0, 0.1) is 5.92 Å². The fourth-order valence-corrected chi connectivity index (χ4v) is 3.76. The van der Waals surface area contributed by atoms with Gasteiger partial charge in [0.2, 0.25) is 11.8 Å². The Morgan fingerprint density at radius 2 is 1.79 bits per heavy atom. The van der Waals surface area contributed by atoms with Gasteiger partial charge in [0.05, 0.1) is 26.2 Å². The van der Waals surface area contributed by atoms with Gasteiger partial charge in [0.1, 0.15) is 0 Å². The van der Waals surface area contributed by atoms with Crippen LogP contribution >= 0.6 is 0 Å². The second-order valence-electron chi connectivity index (χ2n) is 6.41. The average molecular weight is 332 g/mol. The molecule has 2 atom stereocenters. The number of carbonyl (C=O) groups is 2. The van der Waals surface area contributed by atoms with Crippen LogP contribution in [0.5, 0.6) is 11.5 Å². The van der Waals surface area contributed by atoms with Gasteiger partial charge in [0.25, 0.3) is 0 Å². The lowest BCUT2D eigenvalue weighted by molar-refractivity contribution is -0.135. The number of ether oxygens (including phenoxy) is 2. The molecule has 2 amide bonds. The number of benzene rings is 1. The summed E-state index contributed by atoms with van der Waals surface area (Å²) in [6, 6.07) is 5.33. The smallest absolute Gasteiger partial charge is 0.228 e. The first kappa shape index (κ1) is 16.6. The lowest BCUT2D eigenvalue weighted by atomic mass is 9.92. The third-order valence-electron chi connectivity index (χ3n) is 5.07. The summed E-state index contributed by atoms with van der Waals surface area (Å²) in [7, 11) is 4.93. The molecule has 0 N–H and O–H groups in total. The minimum absolute atomic E-state index is 0.00679. The van der Waals surface area contributed by atoms with Crippen LogP contribution in [0.25, 0.3) is 0 Å². The first-order valence-electron chi connectivity index (χ1n) is 8.33. The van der Waals surface area contributed by atoms with Gasteiger partial charge in [-0.15, -0.1) is 0 Å². The molecule has 0 spiro atoms. The van der Waals surface area contributed by atoms with Gasteiger partial charge < -0.3 is 19.3 Å². The highest BCUT2D eigenvalue weighted by atomic mass is 16.5. The van der Waals surface area contributed by atoms with Crippen molar-refractivity contribution < 1.29 is 19.1 Å². The lowest BCUT2D eigenvalue weighted by Crippen LogP contribution is -2.36. The van der Waals surface area contributed by atoms with Crippen molar-refractivity contribution in [3.63, 3.8) is 0 Å². The predicted octanol–water partition coefficient (Wildman–Crippen LogP) is 1.85. The maximum Gasteiger partial charge on any atom is 0.228 e. The first-order valence-corrected chi connectivity index (χ1v) is 8.33. The molecule has 3 rings (SSSR count). The van der Waals surface area contributed by atoms with Crippen LogP contribution in [0.4, 0.5) is 0 Å². The van der Waals surface area contributed by atoms with Crippen molar-refractivity contribution in [1.82, 2.24) is 9.80 Å².